The van der Waals surface area contributed by atoms with Gasteiger partial charge in [0.15, 0.2) is 5.43 Å². The summed E-state index contributed by atoms with van der Waals surface area (Å²) in [6, 6.07) is 13.4. The first kappa shape index (κ1) is 10.7. The minimum Gasteiger partial charge on any atom is -0.323 e. The average molecular weight is 232 g/mol. The van der Waals surface area contributed by atoms with Gasteiger partial charge in [-0.2, -0.15) is 0 Å². The zero-order chi connectivity index (χ0) is 10.3. The van der Waals surface area contributed by atoms with Crippen molar-refractivity contribution in [2.45, 2.75) is 0 Å². The minimum absolute atomic E-state index is 0. The van der Waals surface area contributed by atoms with Crippen molar-refractivity contribution in [2.24, 2.45) is 0 Å². The third-order valence-corrected chi connectivity index (χ3v) is 2.61. The summed E-state index contributed by atoms with van der Waals surface area (Å²) in [6.07, 6.45) is 3.77. The van der Waals surface area contributed by atoms with Gasteiger partial charge in [-0.15, -0.1) is 12.4 Å². The summed E-state index contributed by atoms with van der Waals surface area (Å²) >= 11 is 0. The molecule has 0 spiro atoms. The lowest BCUT2D eigenvalue weighted by Gasteiger charge is -2.04. The van der Waals surface area contributed by atoms with Crippen LogP contribution in [0.15, 0.2) is 59.7 Å². The summed E-state index contributed by atoms with van der Waals surface area (Å²) in [5.74, 6) is 0. The predicted octanol–water partition coefficient (Wildman–Crippen LogP) is 2.87. The Bertz CT molecular complexity index is 703. The molecule has 3 heteroatoms. The summed E-state index contributed by atoms with van der Waals surface area (Å²) in [4.78, 5) is 11.3. The number of hydrogen-bond donors (Lipinski definition) is 0. The first-order valence-electron chi connectivity index (χ1n) is 4.84. The molecule has 16 heavy (non-hydrogen) atoms. The number of fused-ring (bicyclic) bond motifs is 3. The van der Waals surface area contributed by atoms with Crippen molar-refractivity contribution in [3.8, 4) is 0 Å². The number of aromatic nitrogens is 1. The van der Waals surface area contributed by atoms with Crippen molar-refractivity contribution in [2.75, 3.05) is 0 Å². The zero-order valence-corrected chi connectivity index (χ0v) is 9.28. The number of halogens is 1. The fraction of sp³-hybridized carbons (Fsp3) is 0. The highest BCUT2D eigenvalue weighted by atomic mass is 35.5. The third-order valence-electron chi connectivity index (χ3n) is 2.61. The van der Waals surface area contributed by atoms with Crippen molar-refractivity contribution >= 4 is 28.7 Å². The second kappa shape index (κ2) is 3.99. The van der Waals surface area contributed by atoms with Crippen LogP contribution in [0.2, 0.25) is 0 Å². The number of pyridine rings is 2. The van der Waals surface area contributed by atoms with Gasteiger partial charge >= 0.3 is 0 Å². The van der Waals surface area contributed by atoms with Crippen molar-refractivity contribution in [3.05, 3.63) is 65.1 Å². The molecule has 3 aromatic rings. The maximum absolute atomic E-state index is 11.3. The Morgan fingerprint density at radius 3 is 2.56 bits per heavy atom. The predicted molar refractivity (Wildman–Crippen MR) is 68.4 cm³/mol. The van der Waals surface area contributed by atoms with Crippen LogP contribution in [0.1, 0.15) is 0 Å². The van der Waals surface area contributed by atoms with Crippen LogP contribution in [0.25, 0.3) is 16.3 Å². The fourth-order valence-corrected chi connectivity index (χ4v) is 1.87. The highest BCUT2D eigenvalue weighted by molar-refractivity contribution is 5.95. The standard InChI is InChI=1S/C13H9NO.ClH/c15-11-6-8-14-7-5-10-3-1-2-4-12(10)13(14)9-11;/h1-9H;1H. The smallest absolute Gasteiger partial charge is 0.182 e. The van der Waals surface area contributed by atoms with Crippen LogP contribution in [-0.2, 0) is 0 Å². The minimum atomic E-state index is 0. The monoisotopic (exact) mass is 231 g/mol. The molecule has 0 radical (unpaired) electrons. The summed E-state index contributed by atoms with van der Waals surface area (Å²) in [5.41, 5.74) is 1.01. The van der Waals surface area contributed by atoms with Crippen LogP contribution in [0.4, 0.5) is 0 Å². The molecule has 2 nitrogen and oxygen atoms in total. The van der Waals surface area contributed by atoms with Gasteiger partial charge in [-0.05, 0) is 11.5 Å². The molecule has 0 aliphatic carbocycles. The Labute approximate surface area is 98.6 Å². The van der Waals surface area contributed by atoms with Gasteiger partial charge in [0.1, 0.15) is 0 Å². The molecule has 2 aromatic heterocycles. The molecular weight excluding hydrogens is 222 g/mol. The van der Waals surface area contributed by atoms with E-state index in [1.807, 2.05) is 40.9 Å². The van der Waals surface area contributed by atoms with Gasteiger partial charge in [0.05, 0.1) is 5.52 Å². The molecule has 0 N–H and O–H groups in total. The molecular formula is C13H10ClNO. The Balaban J connectivity index is 0.000000963. The van der Waals surface area contributed by atoms with Crippen LogP contribution >= 0.6 is 12.4 Å². The number of benzene rings is 1. The normalized spacial score (nSPS) is 10.2. The molecule has 0 amide bonds. The van der Waals surface area contributed by atoms with E-state index in [1.165, 1.54) is 0 Å². The lowest BCUT2D eigenvalue weighted by atomic mass is 10.1. The molecule has 0 aliphatic heterocycles. The average Bonchev–Trinajstić information content (AvgIpc) is 2.29. The summed E-state index contributed by atoms with van der Waals surface area (Å²) in [5, 5.41) is 2.26. The molecule has 0 fully saturated rings. The summed E-state index contributed by atoms with van der Waals surface area (Å²) < 4.78 is 1.96. The molecule has 0 unspecified atom stereocenters. The number of nitrogens with zero attached hydrogens (tertiary/aromatic N) is 1. The summed E-state index contributed by atoms with van der Waals surface area (Å²) in [7, 11) is 0. The Morgan fingerprint density at radius 2 is 1.69 bits per heavy atom. The van der Waals surface area contributed by atoms with Crippen LogP contribution < -0.4 is 5.43 Å². The second-order valence-corrected chi connectivity index (χ2v) is 3.56. The van der Waals surface area contributed by atoms with Crippen LogP contribution in [0.5, 0.6) is 0 Å². The maximum atomic E-state index is 11.3. The highest BCUT2D eigenvalue weighted by Gasteiger charge is 1.98. The van der Waals surface area contributed by atoms with Crippen molar-refractivity contribution < 1.29 is 0 Å². The molecule has 80 valence electrons. The quantitative estimate of drug-likeness (QED) is 0.545. The van der Waals surface area contributed by atoms with Crippen LogP contribution in [0.3, 0.4) is 0 Å². The SMILES string of the molecule is Cl.O=c1ccn2ccc3ccccc3c2c1. The van der Waals surface area contributed by atoms with Gasteiger partial charge in [0.2, 0.25) is 0 Å². The van der Waals surface area contributed by atoms with Gasteiger partial charge in [-0.3, -0.25) is 4.79 Å². The van der Waals surface area contributed by atoms with E-state index in [9.17, 15) is 4.79 Å². The lowest BCUT2D eigenvalue weighted by molar-refractivity contribution is 1.17. The van der Waals surface area contributed by atoms with Gasteiger partial charge in [0, 0.05) is 29.9 Å². The fourth-order valence-electron chi connectivity index (χ4n) is 1.87. The van der Waals surface area contributed by atoms with E-state index in [4.69, 9.17) is 0 Å². The van der Waals surface area contributed by atoms with E-state index in [0.29, 0.717) is 0 Å². The second-order valence-electron chi connectivity index (χ2n) is 3.56. The molecule has 0 saturated heterocycles. The van der Waals surface area contributed by atoms with E-state index in [-0.39, 0.29) is 17.8 Å². The van der Waals surface area contributed by atoms with E-state index in [2.05, 4.69) is 0 Å². The first-order chi connectivity index (χ1) is 7.34. The topological polar surface area (TPSA) is 21.5 Å². The number of hydrogen-bond acceptors (Lipinski definition) is 1. The van der Waals surface area contributed by atoms with Crippen molar-refractivity contribution in [1.82, 2.24) is 4.40 Å². The lowest BCUT2D eigenvalue weighted by Crippen LogP contribution is -2.00. The largest absolute Gasteiger partial charge is 0.323 e. The van der Waals surface area contributed by atoms with Gasteiger partial charge in [-0.25, -0.2) is 0 Å². The van der Waals surface area contributed by atoms with Gasteiger partial charge in [-0.1, -0.05) is 24.3 Å². The van der Waals surface area contributed by atoms with Crippen LogP contribution in [0, 0.1) is 0 Å². The first-order valence-corrected chi connectivity index (χ1v) is 4.84. The zero-order valence-electron chi connectivity index (χ0n) is 8.46. The maximum Gasteiger partial charge on any atom is 0.182 e. The Kier molecular flexibility index (Phi) is 2.67. The summed E-state index contributed by atoms with van der Waals surface area (Å²) in [6.45, 7) is 0. The highest BCUT2D eigenvalue weighted by Crippen LogP contribution is 2.17. The molecule has 1 aromatic carbocycles. The number of rotatable bonds is 0. The molecule has 0 bridgehead atoms. The molecule has 3 rings (SSSR count). The van der Waals surface area contributed by atoms with Gasteiger partial charge in [0.25, 0.3) is 0 Å². The van der Waals surface area contributed by atoms with E-state index in [1.54, 1.807) is 18.3 Å². The van der Waals surface area contributed by atoms with E-state index >= 15 is 0 Å². The molecule has 0 atom stereocenters. The van der Waals surface area contributed by atoms with Gasteiger partial charge < -0.3 is 4.40 Å². The van der Waals surface area contributed by atoms with Crippen LogP contribution in [-0.4, -0.2) is 4.40 Å². The molecule has 0 saturated carbocycles. The van der Waals surface area contributed by atoms with E-state index in [0.717, 1.165) is 16.3 Å². The molecule has 0 aliphatic rings. The van der Waals surface area contributed by atoms with Crippen molar-refractivity contribution in [3.63, 3.8) is 0 Å². The Hall–Kier alpha value is -1.80. The molecule has 2 heterocycles. The van der Waals surface area contributed by atoms with E-state index < -0.39 is 0 Å². The van der Waals surface area contributed by atoms with Crippen molar-refractivity contribution in [1.29, 1.82) is 0 Å². The third kappa shape index (κ3) is 1.57. The Morgan fingerprint density at radius 1 is 0.938 bits per heavy atom.